The van der Waals surface area contributed by atoms with E-state index in [-0.39, 0.29) is 14.9 Å². The molecule has 104 valence electrons. The van der Waals surface area contributed by atoms with Crippen molar-refractivity contribution in [2.45, 2.75) is 75.7 Å². The summed E-state index contributed by atoms with van der Waals surface area (Å²) in [7, 11) is 0. The van der Waals surface area contributed by atoms with Crippen LogP contribution in [0.25, 0.3) is 0 Å². The lowest BCUT2D eigenvalue weighted by atomic mass is 10.1. The van der Waals surface area contributed by atoms with Gasteiger partial charge in [-0.2, -0.15) is 0 Å². The Balaban J connectivity index is -0.0000000904. The Morgan fingerprint density at radius 1 is 0.812 bits per heavy atom. The third-order valence-corrected chi connectivity index (χ3v) is 2.00. The first-order chi connectivity index (χ1) is 6.54. The van der Waals surface area contributed by atoms with Gasteiger partial charge in [0, 0.05) is 13.2 Å². The fraction of sp³-hybridized carbons (Fsp3) is 1.00. The molecule has 0 saturated heterocycles. The Morgan fingerprint density at radius 2 is 1.25 bits per heavy atom. The van der Waals surface area contributed by atoms with Gasteiger partial charge in [-0.15, -0.1) is 0 Å². The quantitative estimate of drug-likeness (QED) is 0.529. The van der Waals surface area contributed by atoms with E-state index in [1.807, 2.05) is 0 Å². The van der Waals surface area contributed by atoms with Gasteiger partial charge in [-0.25, -0.2) is 0 Å². The van der Waals surface area contributed by atoms with Crippen molar-refractivity contribution in [1.29, 1.82) is 0 Å². The van der Waals surface area contributed by atoms with Crippen molar-refractivity contribution >= 4 is 0 Å². The molecule has 0 aliphatic heterocycles. The van der Waals surface area contributed by atoms with E-state index in [1.54, 1.807) is 0 Å². The van der Waals surface area contributed by atoms with Gasteiger partial charge in [-0.05, 0) is 24.7 Å². The van der Waals surface area contributed by atoms with Crippen molar-refractivity contribution in [2.24, 2.45) is 11.8 Å². The van der Waals surface area contributed by atoms with E-state index >= 15 is 0 Å². The average Bonchev–Trinajstić information content (AvgIpc) is 2.13. The molecule has 0 aromatic heterocycles. The minimum Gasteiger partial charge on any atom is -0.381 e. The second-order valence-electron chi connectivity index (χ2n) is 4.60. The summed E-state index contributed by atoms with van der Waals surface area (Å²) in [4.78, 5) is 0. The minimum atomic E-state index is 0. The standard InChI is InChI=1S/C8H18O.C5H12.2CH4/c1-4-6-9-7-5-8(2)3;1-4-5(2)3;;/h8H,4-7H2,1-3H3;5H,4H2,1-3H3;2*1H4. The fourth-order valence-corrected chi connectivity index (χ4v) is 0.565. The maximum absolute atomic E-state index is 5.29. The predicted molar refractivity (Wildman–Crippen MR) is 79.2 cm³/mol. The molecule has 0 bridgehead atoms. The van der Waals surface area contributed by atoms with Crippen LogP contribution in [0.5, 0.6) is 0 Å². The first-order valence-electron chi connectivity index (χ1n) is 6.12. The van der Waals surface area contributed by atoms with Crippen molar-refractivity contribution in [3.63, 3.8) is 0 Å². The van der Waals surface area contributed by atoms with Crippen LogP contribution >= 0.6 is 0 Å². The van der Waals surface area contributed by atoms with Gasteiger partial charge >= 0.3 is 0 Å². The molecule has 0 amide bonds. The summed E-state index contributed by atoms with van der Waals surface area (Å²) in [6, 6.07) is 0. The highest BCUT2D eigenvalue weighted by atomic mass is 16.5. The third-order valence-electron chi connectivity index (χ3n) is 2.00. The monoisotopic (exact) mass is 234 g/mol. The molecule has 0 unspecified atom stereocenters. The summed E-state index contributed by atoms with van der Waals surface area (Å²) in [5.41, 5.74) is 0. The topological polar surface area (TPSA) is 9.23 Å². The van der Waals surface area contributed by atoms with Gasteiger partial charge < -0.3 is 4.74 Å². The van der Waals surface area contributed by atoms with Crippen LogP contribution in [-0.2, 0) is 4.74 Å². The molecule has 0 aliphatic carbocycles. The summed E-state index contributed by atoms with van der Waals surface area (Å²) in [5, 5.41) is 0. The van der Waals surface area contributed by atoms with E-state index in [0.29, 0.717) is 0 Å². The third kappa shape index (κ3) is 37.0. The fourth-order valence-electron chi connectivity index (χ4n) is 0.565. The van der Waals surface area contributed by atoms with Crippen LogP contribution in [-0.4, -0.2) is 13.2 Å². The average molecular weight is 234 g/mol. The lowest BCUT2D eigenvalue weighted by Gasteiger charge is -2.03. The van der Waals surface area contributed by atoms with Gasteiger partial charge in [0.15, 0.2) is 0 Å². The first-order valence-corrected chi connectivity index (χ1v) is 6.12. The van der Waals surface area contributed by atoms with Gasteiger partial charge in [0.05, 0.1) is 0 Å². The summed E-state index contributed by atoms with van der Waals surface area (Å²) in [5.74, 6) is 1.66. The highest BCUT2D eigenvalue weighted by Gasteiger charge is 1.91. The molecule has 0 heterocycles. The SMILES string of the molecule is C.C.CCC(C)C.CCCOCCC(C)C. The lowest BCUT2D eigenvalue weighted by Crippen LogP contribution is -1.99. The molecular weight excluding hydrogens is 196 g/mol. The molecule has 0 saturated carbocycles. The molecule has 0 aromatic rings. The Bertz CT molecular complexity index is 87.4. The van der Waals surface area contributed by atoms with E-state index < -0.39 is 0 Å². The van der Waals surface area contributed by atoms with Crippen molar-refractivity contribution in [2.75, 3.05) is 13.2 Å². The summed E-state index contributed by atoms with van der Waals surface area (Å²) in [6.07, 6.45) is 3.64. The van der Waals surface area contributed by atoms with Gasteiger partial charge in [0.25, 0.3) is 0 Å². The van der Waals surface area contributed by atoms with Crippen molar-refractivity contribution in [3.8, 4) is 0 Å². The van der Waals surface area contributed by atoms with Gasteiger partial charge in [0.2, 0.25) is 0 Å². The molecule has 0 spiro atoms. The molecule has 0 fully saturated rings. The van der Waals surface area contributed by atoms with Crippen molar-refractivity contribution in [3.05, 3.63) is 0 Å². The maximum atomic E-state index is 5.29. The molecule has 0 rings (SSSR count). The van der Waals surface area contributed by atoms with E-state index in [4.69, 9.17) is 4.74 Å². The molecule has 16 heavy (non-hydrogen) atoms. The summed E-state index contributed by atoms with van der Waals surface area (Å²) in [6.45, 7) is 15.1. The Kier molecular flexibility index (Phi) is 31.8. The van der Waals surface area contributed by atoms with Gasteiger partial charge in [-0.3, -0.25) is 0 Å². The molecule has 0 N–H and O–H groups in total. The van der Waals surface area contributed by atoms with Crippen molar-refractivity contribution < 1.29 is 4.74 Å². The van der Waals surface area contributed by atoms with Crippen LogP contribution in [0.1, 0.15) is 75.7 Å². The number of rotatable bonds is 6. The van der Waals surface area contributed by atoms with Crippen LogP contribution in [0.3, 0.4) is 0 Å². The normalized spacial score (nSPS) is 9.00. The second-order valence-corrected chi connectivity index (χ2v) is 4.60. The van der Waals surface area contributed by atoms with E-state index in [9.17, 15) is 0 Å². The van der Waals surface area contributed by atoms with Crippen LogP contribution < -0.4 is 0 Å². The zero-order valence-electron chi connectivity index (χ0n) is 11.1. The lowest BCUT2D eigenvalue weighted by molar-refractivity contribution is 0.124. The molecule has 0 atom stereocenters. The molecule has 1 heteroatoms. The largest absolute Gasteiger partial charge is 0.381 e. The Hall–Kier alpha value is -0.0400. The Labute approximate surface area is 106 Å². The van der Waals surface area contributed by atoms with Gasteiger partial charge in [-0.1, -0.05) is 62.8 Å². The molecule has 0 radical (unpaired) electrons. The van der Waals surface area contributed by atoms with Crippen LogP contribution in [0.2, 0.25) is 0 Å². The summed E-state index contributed by atoms with van der Waals surface area (Å²) >= 11 is 0. The van der Waals surface area contributed by atoms with Crippen LogP contribution in [0.4, 0.5) is 0 Å². The van der Waals surface area contributed by atoms with Crippen LogP contribution in [0, 0.1) is 11.8 Å². The highest BCUT2D eigenvalue weighted by molar-refractivity contribution is 4.41. The number of hydrogen-bond acceptors (Lipinski definition) is 1. The Morgan fingerprint density at radius 3 is 1.50 bits per heavy atom. The molecule has 0 aromatic carbocycles. The number of hydrogen-bond donors (Lipinski definition) is 0. The molecular formula is C15H38O. The highest BCUT2D eigenvalue weighted by Crippen LogP contribution is 1.98. The van der Waals surface area contributed by atoms with E-state index in [2.05, 4.69) is 41.5 Å². The zero-order valence-corrected chi connectivity index (χ0v) is 11.1. The maximum Gasteiger partial charge on any atom is 0.0468 e. The molecule has 1 nitrogen and oxygen atoms in total. The van der Waals surface area contributed by atoms with E-state index in [1.165, 1.54) is 12.8 Å². The van der Waals surface area contributed by atoms with Crippen molar-refractivity contribution in [1.82, 2.24) is 0 Å². The van der Waals surface area contributed by atoms with Crippen LogP contribution in [0.15, 0.2) is 0 Å². The second kappa shape index (κ2) is 20.4. The predicted octanol–water partition coefficient (Wildman–Crippen LogP) is 5.78. The smallest absolute Gasteiger partial charge is 0.0468 e. The number of ether oxygens (including phenoxy) is 1. The van der Waals surface area contributed by atoms with Gasteiger partial charge in [0.1, 0.15) is 0 Å². The van der Waals surface area contributed by atoms with E-state index in [0.717, 1.165) is 31.5 Å². The minimum absolute atomic E-state index is 0. The summed E-state index contributed by atoms with van der Waals surface area (Å²) < 4.78 is 5.29. The first kappa shape index (κ1) is 25.0. The molecule has 0 aliphatic rings. The zero-order chi connectivity index (χ0) is 11.4.